The van der Waals surface area contributed by atoms with Crippen molar-refractivity contribution in [1.29, 1.82) is 0 Å². The monoisotopic (exact) mass is 320 g/mol. The van der Waals surface area contributed by atoms with Crippen LogP contribution >= 0.6 is 0 Å². The maximum atomic E-state index is 13.2. The molecule has 4 heteroatoms. The van der Waals surface area contributed by atoms with Gasteiger partial charge in [-0.15, -0.1) is 0 Å². The van der Waals surface area contributed by atoms with Crippen molar-refractivity contribution < 1.29 is 9.90 Å². The summed E-state index contributed by atoms with van der Waals surface area (Å²) in [5.41, 5.74) is 5.77. The standard InChI is InChI=1S/C19H32N2O2/c1-11-4-13-8-18(3,23)10-19(7-11,9-13)16(20)17(22)21-12(2)5-14-6-15(14)21/h11-16,23H,4-10,20H2,1-3H3/t11?,12?,13?,14?,15-,16?,18?,19?/m0/s1. The average molecular weight is 320 g/mol. The van der Waals surface area contributed by atoms with Crippen LogP contribution in [-0.2, 0) is 4.79 Å². The molecule has 1 saturated heterocycles. The summed E-state index contributed by atoms with van der Waals surface area (Å²) in [6, 6.07) is 0.358. The molecule has 1 amide bonds. The minimum Gasteiger partial charge on any atom is -0.390 e. The third-order valence-corrected chi connectivity index (χ3v) is 7.19. The van der Waals surface area contributed by atoms with Gasteiger partial charge in [0.25, 0.3) is 0 Å². The number of carbonyl (C=O) groups is 1. The summed E-state index contributed by atoms with van der Waals surface area (Å²) in [6.07, 6.45) is 7.05. The predicted molar refractivity (Wildman–Crippen MR) is 89.6 cm³/mol. The number of nitrogens with zero attached hydrogens (tertiary/aromatic N) is 1. The number of piperidine rings is 1. The topological polar surface area (TPSA) is 66.6 Å². The summed E-state index contributed by atoms with van der Waals surface area (Å²) in [5, 5.41) is 10.8. The summed E-state index contributed by atoms with van der Waals surface area (Å²) >= 11 is 0. The van der Waals surface area contributed by atoms with Crippen LogP contribution in [0.4, 0.5) is 0 Å². The second kappa shape index (κ2) is 4.95. The fourth-order valence-corrected chi connectivity index (χ4v) is 6.71. The molecule has 7 unspecified atom stereocenters. The van der Waals surface area contributed by atoms with E-state index in [0.29, 0.717) is 30.3 Å². The lowest BCUT2D eigenvalue weighted by molar-refractivity contribution is -0.147. The second-order valence-corrected chi connectivity index (χ2v) is 9.73. The Balaban J connectivity index is 1.60. The third kappa shape index (κ3) is 2.53. The van der Waals surface area contributed by atoms with E-state index in [2.05, 4.69) is 18.7 Å². The van der Waals surface area contributed by atoms with Crippen LogP contribution in [0, 0.1) is 23.2 Å². The molecule has 4 aliphatic rings. The van der Waals surface area contributed by atoms with Gasteiger partial charge in [0.15, 0.2) is 0 Å². The molecule has 2 bridgehead atoms. The van der Waals surface area contributed by atoms with Crippen LogP contribution in [0.5, 0.6) is 0 Å². The highest BCUT2D eigenvalue weighted by Gasteiger charge is 2.58. The first-order chi connectivity index (χ1) is 10.7. The Labute approximate surface area is 139 Å². The Morgan fingerprint density at radius 3 is 2.61 bits per heavy atom. The maximum absolute atomic E-state index is 13.2. The quantitative estimate of drug-likeness (QED) is 0.820. The van der Waals surface area contributed by atoms with Gasteiger partial charge >= 0.3 is 0 Å². The molecule has 0 aromatic carbocycles. The van der Waals surface area contributed by atoms with Crippen molar-refractivity contribution in [3.05, 3.63) is 0 Å². The van der Waals surface area contributed by atoms with E-state index in [0.717, 1.165) is 31.6 Å². The number of rotatable bonds is 2. The van der Waals surface area contributed by atoms with E-state index in [9.17, 15) is 9.90 Å². The molecule has 130 valence electrons. The van der Waals surface area contributed by atoms with Gasteiger partial charge < -0.3 is 15.7 Å². The molecular weight excluding hydrogens is 288 g/mol. The number of hydrogen-bond acceptors (Lipinski definition) is 3. The van der Waals surface area contributed by atoms with E-state index >= 15 is 0 Å². The molecule has 3 saturated carbocycles. The van der Waals surface area contributed by atoms with Crippen molar-refractivity contribution in [1.82, 2.24) is 4.90 Å². The fourth-order valence-electron chi connectivity index (χ4n) is 6.71. The van der Waals surface area contributed by atoms with Crippen LogP contribution in [-0.4, -0.2) is 39.6 Å². The molecular formula is C19H32N2O2. The Bertz CT molecular complexity index is 513. The fraction of sp³-hybridized carbons (Fsp3) is 0.947. The molecule has 0 aromatic rings. The van der Waals surface area contributed by atoms with Gasteiger partial charge in [0.1, 0.15) is 0 Å². The van der Waals surface area contributed by atoms with E-state index < -0.39 is 11.6 Å². The van der Waals surface area contributed by atoms with Crippen molar-refractivity contribution in [2.45, 2.75) is 89.4 Å². The number of hydrogen-bond donors (Lipinski definition) is 2. The number of fused-ring (bicyclic) bond motifs is 3. The van der Waals surface area contributed by atoms with Crippen LogP contribution in [0.3, 0.4) is 0 Å². The molecule has 4 fully saturated rings. The molecule has 1 aliphatic heterocycles. The molecule has 23 heavy (non-hydrogen) atoms. The zero-order chi connectivity index (χ0) is 16.6. The molecule has 0 aromatic heterocycles. The van der Waals surface area contributed by atoms with E-state index in [1.54, 1.807) is 0 Å². The highest BCUT2D eigenvalue weighted by Crippen LogP contribution is 2.56. The van der Waals surface area contributed by atoms with Gasteiger partial charge in [0.2, 0.25) is 5.91 Å². The van der Waals surface area contributed by atoms with Crippen molar-refractivity contribution in [3.63, 3.8) is 0 Å². The Morgan fingerprint density at radius 1 is 1.22 bits per heavy atom. The van der Waals surface area contributed by atoms with Gasteiger partial charge in [0, 0.05) is 12.1 Å². The number of aliphatic hydroxyl groups is 1. The second-order valence-electron chi connectivity index (χ2n) is 9.73. The molecule has 0 radical (unpaired) electrons. The van der Waals surface area contributed by atoms with Gasteiger partial charge in [-0.3, -0.25) is 4.79 Å². The SMILES string of the molecule is CC1CC2CC(C)(O)CC(C(N)C(=O)N3C(C)CC4C[C@@H]43)(C1)C2. The molecule has 0 spiro atoms. The van der Waals surface area contributed by atoms with Gasteiger partial charge in [-0.05, 0) is 82.0 Å². The smallest absolute Gasteiger partial charge is 0.240 e. The van der Waals surface area contributed by atoms with Crippen LogP contribution < -0.4 is 5.73 Å². The van der Waals surface area contributed by atoms with E-state index in [4.69, 9.17) is 5.73 Å². The van der Waals surface area contributed by atoms with Crippen molar-refractivity contribution >= 4 is 5.91 Å². The number of nitrogens with two attached hydrogens (primary N) is 1. The zero-order valence-corrected chi connectivity index (χ0v) is 14.8. The molecule has 4 nitrogen and oxygen atoms in total. The minimum absolute atomic E-state index is 0.160. The van der Waals surface area contributed by atoms with E-state index in [1.165, 1.54) is 12.8 Å². The first-order valence-electron chi connectivity index (χ1n) is 9.51. The van der Waals surface area contributed by atoms with Gasteiger partial charge in [-0.1, -0.05) is 6.92 Å². The normalized spacial score (nSPS) is 52.9. The van der Waals surface area contributed by atoms with Crippen LogP contribution in [0.2, 0.25) is 0 Å². The minimum atomic E-state index is -0.667. The Morgan fingerprint density at radius 2 is 1.96 bits per heavy atom. The highest BCUT2D eigenvalue weighted by atomic mass is 16.3. The lowest BCUT2D eigenvalue weighted by Gasteiger charge is -2.55. The van der Waals surface area contributed by atoms with Gasteiger partial charge in [-0.2, -0.15) is 0 Å². The average Bonchev–Trinajstić information content (AvgIpc) is 3.06. The molecule has 4 rings (SSSR count). The number of carbonyl (C=O) groups excluding carboxylic acids is 1. The van der Waals surface area contributed by atoms with E-state index in [1.807, 2.05) is 6.92 Å². The number of likely N-dealkylation sites (tertiary alicyclic amines) is 1. The van der Waals surface area contributed by atoms with Gasteiger partial charge in [0.05, 0.1) is 11.6 Å². The number of amides is 1. The predicted octanol–water partition coefficient (Wildman–Crippen LogP) is 2.29. The van der Waals surface area contributed by atoms with Crippen molar-refractivity contribution in [2.24, 2.45) is 28.9 Å². The maximum Gasteiger partial charge on any atom is 0.240 e. The molecule has 3 N–H and O–H groups in total. The third-order valence-electron chi connectivity index (χ3n) is 7.19. The Hall–Kier alpha value is -0.610. The zero-order valence-electron chi connectivity index (χ0n) is 14.8. The van der Waals surface area contributed by atoms with Gasteiger partial charge in [-0.25, -0.2) is 0 Å². The summed E-state index contributed by atoms with van der Waals surface area (Å²) in [6.45, 7) is 6.39. The van der Waals surface area contributed by atoms with Crippen molar-refractivity contribution in [2.75, 3.05) is 0 Å². The lowest BCUT2D eigenvalue weighted by Crippen LogP contribution is -2.61. The molecule has 8 atom stereocenters. The summed E-state index contributed by atoms with van der Waals surface area (Å²) < 4.78 is 0. The first-order valence-corrected chi connectivity index (χ1v) is 9.51. The van der Waals surface area contributed by atoms with E-state index in [-0.39, 0.29) is 11.3 Å². The van der Waals surface area contributed by atoms with Crippen LogP contribution in [0.25, 0.3) is 0 Å². The summed E-state index contributed by atoms with van der Waals surface area (Å²) in [4.78, 5) is 15.3. The van der Waals surface area contributed by atoms with Crippen LogP contribution in [0.1, 0.15) is 65.7 Å². The molecule has 3 aliphatic carbocycles. The largest absolute Gasteiger partial charge is 0.390 e. The lowest BCUT2D eigenvalue weighted by atomic mass is 9.53. The Kier molecular flexibility index (Phi) is 3.42. The first kappa shape index (κ1) is 15.9. The molecule has 1 heterocycles. The summed E-state index contributed by atoms with van der Waals surface area (Å²) in [5.74, 6) is 2.01. The van der Waals surface area contributed by atoms with Crippen LogP contribution in [0.15, 0.2) is 0 Å². The summed E-state index contributed by atoms with van der Waals surface area (Å²) in [7, 11) is 0. The highest BCUT2D eigenvalue weighted by molar-refractivity contribution is 5.84. The van der Waals surface area contributed by atoms with Crippen molar-refractivity contribution in [3.8, 4) is 0 Å².